The highest BCUT2D eigenvalue weighted by Gasteiger charge is 2.62. The number of pyridine rings is 1. The summed E-state index contributed by atoms with van der Waals surface area (Å²) in [5.41, 5.74) is -1.60. The summed E-state index contributed by atoms with van der Waals surface area (Å²) in [6, 6.07) is 10.8. The van der Waals surface area contributed by atoms with Crippen molar-refractivity contribution in [2.75, 3.05) is 6.54 Å². The van der Waals surface area contributed by atoms with Gasteiger partial charge in [-0.05, 0) is 83.6 Å². The largest absolute Gasteiger partial charge is 0.484 e. The van der Waals surface area contributed by atoms with Gasteiger partial charge in [0.05, 0.1) is 23.1 Å². The van der Waals surface area contributed by atoms with E-state index in [1.54, 1.807) is 45.0 Å². The van der Waals surface area contributed by atoms with E-state index in [0.29, 0.717) is 54.2 Å². The van der Waals surface area contributed by atoms with Crippen molar-refractivity contribution in [1.82, 2.24) is 25.2 Å². The van der Waals surface area contributed by atoms with Gasteiger partial charge in [0, 0.05) is 29.4 Å². The molecule has 2 aliphatic heterocycles. The maximum atomic E-state index is 14.7. The topological polar surface area (TPSA) is 186 Å². The molecule has 2 aromatic heterocycles. The molecule has 4 amide bonds. The molecule has 4 aromatic rings. The van der Waals surface area contributed by atoms with Crippen molar-refractivity contribution in [2.24, 2.45) is 5.92 Å². The van der Waals surface area contributed by atoms with Gasteiger partial charge in [0.25, 0.3) is 5.91 Å². The van der Waals surface area contributed by atoms with E-state index >= 15 is 0 Å². The number of sulfonamides is 1. The number of halogens is 3. The van der Waals surface area contributed by atoms with Crippen molar-refractivity contribution in [2.45, 2.75) is 119 Å². The minimum absolute atomic E-state index is 0.102. The normalized spacial score (nSPS) is 25.0. The summed E-state index contributed by atoms with van der Waals surface area (Å²) in [4.78, 5) is 62.3. The van der Waals surface area contributed by atoms with Gasteiger partial charge < -0.3 is 29.4 Å². The second kappa shape index (κ2) is 16.2. The molecule has 1 saturated heterocycles. The standard InChI is InChI=1S/C44H48F3N5O9S/c1-42(2,3)61-41(56)49-31-13-8-6-4-5-7-11-27-23-43(27,40(55)51-62(57,58)29-19-20-29)50-38(53)33-21-28(24-52(33)39(31)54)59-35-22-32(25-15-17-26(18-16-25)44(45,46)47)48-36-30-12-9-10-14-34(30)60-37(35)36/h7,9-12,14-18,22,27-29,31,33H,4-6,8,13,19-21,23-24H2,1-3H3,(H,49,56)(H,50,53)(H,51,55)/t27-,28-,31+,33+,43-/m1/s1. The van der Waals surface area contributed by atoms with Gasteiger partial charge in [-0.15, -0.1) is 0 Å². The van der Waals surface area contributed by atoms with Crippen LogP contribution in [0.4, 0.5) is 18.0 Å². The van der Waals surface area contributed by atoms with Crippen molar-refractivity contribution < 1.29 is 54.7 Å². The number of allylic oxidation sites excluding steroid dienone is 1. The second-order valence-corrected chi connectivity index (χ2v) is 19.5. The molecule has 0 radical (unpaired) electrons. The number of para-hydroxylation sites is 1. The van der Waals surface area contributed by atoms with E-state index < -0.39 is 86.1 Å². The Morgan fingerprint density at radius 1 is 1.00 bits per heavy atom. The van der Waals surface area contributed by atoms with Crippen molar-refractivity contribution in [3.05, 3.63) is 72.3 Å². The van der Waals surface area contributed by atoms with Crippen LogP contribution in [-0.2, 0) is 35.3 Å². The van der Waals surface area contributed by atoms with E-state index in [1.165, 1.54) is 23.1 Å². The first-order valence-corrected chi connectivity index (χ1v) is 22.4. The Hall–Kier alpha value is -5.65. The molecule has 3 N–H and O–H groups in total. The number of fused-ring (bicyclic) bond motifs is 5. The molecule has 4 aliphatic rings. The third kappa shape index (κ3) is 9.10. The number of aromatic nitrogens is 1. The molecule has 62 heavy (non-hydrogen) atoms. The van der Waals surface area contributed by atoms with Gasteiger partial charge in [-0.1, -0.05) is 49.3 Å². The number of hydrogen-bond acceptors (Lipinski definition) is 10. The Morgan fingerprint density at radius 2 is 1.74 bits per heavy atom. The predicted octanol–water partition coefficient (Wildman–Crippen LogP) is 6.91. The highest BCUT2D eigenvalue weighted by atomic mass is 32.2. The van der Waals surface area contributed by atoms with Crippen LogP contribution in [0.15, 0.2) is 71.2 Å². The van der Waals surface area contributed by atoms with E-state index in [1.807, 2.05) is 12.2 Å². The Balaban J connectivity index is 1.15. The number of nitrogens with zero attached hydrogens (tertiary/aromatic N) is 2. The maximum absolute atomic E-state index is 14.7. The average Bonchev–Trinajstić information content (AvgIpc) is 4.10. The summed E-state index contributed by atoms with van der Waals surface area (Å²) in [5, 5.41) is 5.48. The maximum Gasteiger partial charge on any atom is 0.416 e. The molecule has 4 heterocycles. The van der Waals surface area contributed by atoms with Crippen LogP contribution in [0.1, 0.15) is 84.1 Å². The van der Waals surface area contributed by atoms with Crippen molar-refractivity contribution in [3.8, 4) is 17.0 Å². The lowest BCUT2D eigenvalue weighted by atomic mass is 10.0. The summed E-state index contributed by atoms with van der Waals surface area (Å²) in [6.45, 7) is 4.90. The third-order valence-electron chi connectivity index (χ3n) is 11.6. The smallest absolute Gasteiger partial charge is 0.416 e. The number of nitrogens with one attached hydrogen (secondary N) is 3. The summed E-state index contributed by atoms with van der Waals surface area (Å²) in [6.07, 6.45) is 1.18. The number of rotatable bonds is 7. The first kappa shape index (κ1) is 43.0. The van der Waals surface area contributed by atoms with Gasteiger partial charge >= 0.3 is 12.3 Å². The van der Waals surface area contributed by atoms with E-state index in [-0.39, 0.29) is 42.8 Å². The van der Waals surface area contributed by atoms with Gasteiger partial charge in [-0.3, -0.25) is 19.1 Å². The zero-order valence-corrected chi connectivity index (χ0v) is 35.2. The molecule has 14 nitrogen and oxygen atoms in total. The van der Waals surface area contributed by atoms with Crippen molar-refractivity contribution in [1.29, 1.82) is 0 Å². The van der Waals surface area contributed by atoms with Crippen LogP contribution in [0.2, 0.25) is 0 Å². The second-order valence-electron chi connectivity index (χ2n) is 17.6. The quantitative estimate of drug-likeness (QED) is 0.165. The van der Waals surface area contributed by atoms with Crippen LogP contribution in [0, 0.1) is 5.92 Å². The molecule has 2 aromatic carbocycles. The molecule has 2 aliphatic carbocycles. The highest BCUT2D eigenvalue weighted by Crippen LogP contribution is 2.46. The van der Waals surface area contributed by atoms with Gasteiger partial charge in [-0.25, -0.2) is 18.2 Å². The number of alkyl carbamates (subject to hydrolysis) is 1. The van der Waals surface area contributed by atoms with Crippen LogP contribution in [0.5, 0.6) is 5.75 Å². The van der Waals surface area contributed by atoms with E-state index in [0.717, 1.165) is 18.6 Å². The lowest BCUT2D eigenvalue weighted by Gasteiger charge is -2.30. The average molecular weight is 880 g/mol. The Bertz CT molecular complexity index is 2550. The minimum Gasteiger partial charge on any atom is -0.484 e. The zero-order chi connectivity index (χ0) is 44.2. The fourth-order valence-electron chi connectivity index (χ4n) is 8.19. The number of amides is 4. The van der Waals surface area contributed by atoms with Crippen LogP contribution in [-0.4, -0.2) is 83.2 Å². The van der Waals surface area contributed by atoms with Crippen LogP contribution >= 0.6 is 0 Å². The fourth-order valence-corrected chi connectivity index (χ4v) is 9.56. The fraction of sp³-hybridized carbons (Fsp3) is 0.477. The Kier molecular flexibility index (Phi) is 11.3. The molecule has 0 spiro atoms. The molecule has 3 fully saturated rings. The van der Waals surface area contributed by atoms with Gasteiger partial charge in [0.15, 0.2) is 11.3 Å². The van der Waals surface area contributed by atoms with Crippen LogP contribution < -0.4 is 20.1 Å². The molecule has 0 bridgehead atoms. The molecule has 0 unspecified atom stereocenters. The van der Waals surface area contributed by atoms with E-state index in [9.17, 15) is 40.8 Å². The zero-order valence-electron chi connectivity index (χ0n) is 34.4. The number of carbonyl (C=O) groups excluding carboxylic acids is 4. The molecule has 5 atom stereocenters. The number of carbonyl (C=O) groups is 4. The molecular weight excluding hydrogens is 832 g/mol. The number of benzene rings is 2. The first-order valence-electron chi connectivity index (χ1n) is 20.8. The van der Waals surface area contributed by atoms with Gasteiger partial charge in [-0.2, -0.15) is 13.2 Å². The lowest BCUT2D eigenvalue weighted by molar-refractivity contribution is -0.141. The highest BCUT2D eigenvalue weighted by molar-refractivity contribution is 7.91. The Morgan fingerprint density at radius 3 is 2.45 bits per heavy atom. The molecular formula is C44H48F3N5O9S. The number of furan rings is 1. The summed E-state index contributed by atoms with van der Waals surface area (Å²) in [7, 11) is -3.97. The first-order chi connectivity index (χ1) is 29.3. The summed E-state index contributed by atoms with van der Waals surface area (Å²) < 4.78 is 86.8. The number of ether oxygens (including phenoxy) is 2. The molecule has 8 rings (SSSR count). The van der Waals surface area contributed by atoms with Crippen molar-refractivity contribution >= 4 is 55.9 Å². The SMILES string of the molecule is CC(C)(C)OC(=O)N[C@H]1CCCCCC=C[C@@H]2C[C@@]2(C(=O)NS(=O)(=O)C2CC2)NC(=O)[C@@H]2C[C@@H](Oc3cc(-c4ccc(C(F)(F)F)cc4)nc4c3oc3ccccc34)CN2C1=O. The monoisotopic (exact) mass is 879 g/mol. The summed E-state index contributed by atoms with van der Waals surface area (Å²) in [5.74, 6) is -2.53. The van der Waals surface area contributed by atoms with Crippen molar-refractivity contribution in [3.63, 3.8) is 0 Å². The van der Waals surface area contributed by atoms with Crippen LogP contribution in [0.25, 0.3) is 33.3 Å². The van der Waals surface area contributed by atoms with E-state index in [4.69, 9.17) is 18.9 Å². The third-order valence-corrected chi connectivity index (χ3v) is 13.4. The van der Waals surface area contributed by atoms with Gasteiger partial charge in [0.1, 0.15) is 40.4 Å². The molecule has 18 heteroatoms. The summed E-state index contributed by atoms with van der Waals surface area (Å²) >= 11 is 0. The minimum atomic E-state index is -4.55. The van der Waals surface area contributed by atoms with Gasteiger partial charge in [0.2, 0.25) is 21.8 Å². The van der Waals surface area contributed by atoms with E-state index in [2.05, 4.69) is 15.4 Å². The molecule has 330 valence electrons. The molecule has 2 saturated carbocycles. The lowest BCUT2D eigenvalue weighted by Crippen LogP contribution is -2.58. The van der Waals surface area contributed by atoms with Crippen LogP contribution in [0.3, 0.4) is 0 Å². The number of hydrogen-bond donors (Lipinski definition) is 3. The Labute approximate surface area is 356 Å². The number of alkyl halides is 3. The predicted molar refractivity (Wildman–Crippen MR) is 221 cm³/mol.